The third-order valence-corrected chi connectivity index (χ3v) is 6.97. The first-order chi connectivity index (χ1) is 18.1. The molecule has 1 saturated heterocycles. The Morgan fingerprint density at radius 2 is 1.89 bits per heavy atom. The van der Waals surface area contributed by atoms with Crippen LogP contribution in [-0.4, -0.2) is 31.3 Å². The molecule has 0 bridgehead atoms. The van der Waals surface area contributed by atoms with Crippen molar-refractivity contribution < 1.29 is 9.15 Å². The van der Waals surface area contributed by atoms with E-state index in [0.29, 0.717) is 23.4 Å². The van der Waals surface area contributed by atoms with Crippen LogP contribution in [0.2, 0.25) is 0 Å². The highest BCUT2D eigenvalue weighted by Gasteiger charge is 2.15. The molecule has 0 spiro atoms. The van der Waals surface area contributed by atoms with E-state index in [1.165, 1.54) is 51.1 Å². The van der Waals surface area contributed by atoms with E-state index in [1.54, 1.807) is 12.3 Å². The molecule has 1 aromatic carbocycles. The van der Waals surface area contributed by atoms with Gasteiger partial charge in [0.25, 0.3) is 0 Å². The summed E-state index contributed by atoms with van der Waals surface area (Å²) < 4.78 is 11.1. The molecular weight excluding hydrogens is 484 g/mol. The average Bonchev–Trinajstić information content (AvgIpc) is 3.42. The van der Waals surface area contributed by atoms with Crippen LogP contribution in [0.1, 0.15) is 64.1 Å². The summed E-state index contributed by atoms with van der Waals surface area (Å²) in [6.45, 7) is 4.09. The zero-order valence-corrected chi connectivity index (χ0v) is 23.1. The molecule has 37 heavy (non-hydrogen) atoms. The maximum atomic E-state index is 5.87. The second kappa shape index (κ2) is 16.2. The molecule has 2 aromatic rings. The third-order valence-electron chi connectivity index (χ3n) is 6.72. The lowest BCUT2D eigenvalue weighted by molar-refractivity contribution is 0.0785. The lowest BCUT2D eigenvalue weighted by Crippen LogP contribution is -2.22. The van der Waals surface area contributed by atoms with Gasteiger partial charge in [-0.15, -0.1) is 0 Å². The lowest BCUT2D eigenvalue weighted by Gasteiger charge is -2.25. The number of hydrogen-bond donors (Lipinski definition) is 3. The summed E-state index contributed by atoms with van der Waals surface area (Å²) in [4.78, 5) is 4.40. The number of aromatic nitrogens is 1. The van der Waals surface area contributed by atoms with Crippen LogP contribution in [-0.2, 0) is 11.2 Å². The number of halogens is 1. The van der Waals surface area contributed by atoms with E-state index in [4.69, 9.17) is 26.5 Å². The van der Waals surface area contributed by atoms with Gasteiger partial charge in [-0.3, -0.25) is 0 Å². The standard InChI is InChI=1S/C21H27ClN4O.C9H16O/c1-24-20-12-15(10-11-19(20)26-17-7-3-2-4-8-17)21-25-14-18(27-21)9-5-6-16(22)13-23;1-2-3-4-9-5-7-10-8-6-9/h5-6,10-14,17,24,26H,2-4,7-9,23H2,1H3;3-4,9H,2,5-8H2,1H3/b6-5-,16-13+;4-3+. The number of nitrogens with zero attached hydrogens (tertiary/aromatic N) is 1. The topological polar surface area (TPSA) is 85.3 Å². The molecule has 2 heterocycles. The summed E-state index contributed by atoms with van der Waals surface area (Å²) in [5, 5.41) is 7.45. The summed E-state index contributed by atoms with van der Waals surface area (Å²) >= 11 is 5.84. The van der Waals surface area contributed by atoms with Crippen LogP contribution in [0.25, 0.3) is 11.5 Å². The van der Waals surface area contributed by atoms with Crippen molar-refractivity contribution in [3.63, 3.8) is 0 Å². The maximum Gasteiger partial charge on any atom is 0.226 e. The molecule has 7 heteroatoms. The van der Waals surface area contributed by atoms with Crippen LogP contribution in [0.15, 0.2) is 64.3 Å². The van der Waals surface area contributed by atoms with Gasteiger partial charge in [0.2, 0.25) is 5.89 Å². The minimum Gasteiger partial charge on any atom is -0.441 e. The second-order valence-electron chi connectivity index (χ2n) is 9.57. The van der Waals surface area contributed by atoms with Crippen molar-refractivity contribution in [3.8, 4) is 11.5 Å². The Hall–Kier alpha value is -2.70. The number of rotatable bonds is 9. The molecule has 1 aliphatic heterocycles. The quantitative estimate of drug-likeness (QED) is 0.230. The number of hydrogen-bond acceptors (Lipinski definition) is 6. The van der Waals surface area contributed by atoms with Crippen molar-refractivity contribution in [1.29, 1.82) is 0 Å². The fourth-order valence-electron chi connectivity index (χ4n) is 4.59. The fraction of sp³-hybridized carbons (Fsp3) is 0.500. The van der Waals surface area contributed by atoms with Crippen molar-refractivity contribution >= 4 is 23.0 Å². The molecule has 202 valence electrons. The van der Waals surface area contributed by atoms with E-state index in [9.17, 15) is 0 Å². The Balaban J connectivity index is 0.000000319. The number of ether oxygens (including phenoxy) is 1. The molecule has 1 aromatic heterocycles. The molecule has 1 aliphatic carbocycles. The molecule has 6 nitrogen and oxygen atoms in total. The van der Waals surface area contributed by atoms with Crippen LogP contribution in [0.4, 0.5) is 11.4 Å². The number of nitrogens with two attached hydrogens (primary N) is 1. The van der Waals surface area contributed by atoms with Gasteiger partial charge in [-0.1, -0.05) is 56.0 Å². The van der Waals surface area contributed by atoms with Crippen molar-refractivity contribution in [2.24, 2.45) is 11.7 Å². The summed E-state index contributed by atoms with van der Waals surface area (Å²) in [5.41, 5.74) is 8.47. The Labute approximate surface area is 227 Å². The van der Waals surface area contributed by atoms with Gasteiger partial charge < -0.3 is 25.5 Å². The number of allylic oxidation sites excluding steroid dienone is 5. The Morgan fingerprint density at radius 3 is 2.59 bits per heavy atom. The molecule has 2 aliphatic rings. The van der Waals surface area contributed by atoms with Crippen LogP contribution in [0.5, 0.6) is 0 Å². The third kappa shape index (κ3) is 9.94. The highest BCUT2D eigenvalue weighted by Crippen LogP contribution is 2.31. The highest BCUT2D eigenvalue weighted by molar-refractivity contribution is 6.31. The van der Waals surface area contributed by atoms with E-state index in [0.717, 1.165) is 48.3 Å². The molecule has 0 amide bonds. The fourth-order valence-corrected chi connectivity index (χ4v) is 4.68. The van der Waals surface area contributed by atoms with E-state index in [2.05, 4.69) is 46.8 Å². The van der Waals surface area contributed by atoms with Gasteiger partial charge in [-0.2, -0.15) is 0 Å². The SMILES string of the molecule is CC/C=C/C1CCOCC1.CNc1cc(-c2ncc(C/C=C\C(Cl)=C/N)o2)ccc1NC1CCCCC1. The first kappa shape index (κ1) is 28.9. The van der Waals surface area contributed by atoms with Gasteiger partial charge in [-0.05, 0) is 62.3 Å². The van der Waals surface area contributed by atoms with Crippen LogP contribution in [0, 0.1) is 5.92 Å². The first-order valence-corrected chi connectivity index (χ1v) is 14.0. The molecule has 1 saturated carbocycles. The lowest BCUT2D eigenvalue weighted by atomic mass is 9.95. The number of anilines is 2. The molecule has 4 N–H and O–H groups in total. The monoisotopic (exact) mass is 526 g/mol. The van der Waals surface area contributed by atoms with E-state index >= 15 is 0 Å². The van der Waals surface area contributed by atoms with Gasteiger partial charge in [0, 0.05) is 44.5 Å². The number of oxazole rings is 1. The molecule has 0 atom stereocenters. The maximum absolute atomic E-state index is 5.87. The van der Waals surface area contributed by atoms with Gasteiger partial charge in [0.1, 0.15) is 5.76 Å². The van der Waals surface area contributed by atoms with E-state index in [-0.39, 0.29) is 0 Å². The van der Waals surface area contributed by atoms with Gasteiger partial charge in [0.15, 0.2) is 0 Å². The van der Waals surface area contributed by atoms with Gasteiger partial charge in [0.05, 0.1) is 22.6 Å². The number of nitrogens with one attached hydrogen (secondary N) is 2. The van der Waals surface area contributed by atoms with Crippen molar-refractivity contribution in [1.82, 2.24) is 4.98 Å². The van der Waals surface area contributed by atoms with Crippen molar-refractivity contribution in [2.75, 3.05) is 30.9 Å². The smallest absolute Gasteiger partial charge is 0.226 e. The Morgan fingerprint density at radius 1 is 1.11 bits per heavy atom. The molecule has 0 unspecified atom stereocenters. The second-order valence-corrected chi connectivity index (χ2v) is 10.0. The Kier molecular flexibility index (Phi) is 12.6. The van der Waals surface area contributed by atoms with Crippen LogP contribution < -0.4 is 16.4 Å². The van der Waals surface area contributed by atoms with E-state index < -0.39 is 0 Å². The van der Waals surface area contributed by atoms with Crippen molar-refractivity contribution in [3.05, 3.63) is 65.7 Å². The molecular formula is C30H43ClN4O2. The zero-order valence-electron chi connectivity index (χ0n) is 22.3. The summed E-state index contributed by atoms with van der Waals surface area (Å²) in [6.07, 6.45) is 22.0. The van der Waals surface area contributed by atoms with Crippen molar-refractivity contribution in [2.45, 2.75) is 70.8 Å². The largest absolute Gasteiger partial charge is 0.441 e. The minimum atomic E-state index is 0.495. The Bertz CT molecular complexity index is 1020. The summed E-state index contributed by atoms with van der Waals surface area (Å²) in [6, 6.07) is 6.79. The van der Waals surface area contributed by atoms with E-state index in [1.807, 2.05) is 19.2 Å². The van der Waals surface area contributed by atoms with Crippen LogP contribution in [0.3, 0.4) is 0 Å². The minimum absolute atomic E-state index is 0.495. The molecule has 2 fully saturated rings. The predicted octanol–water partition coefficient (Wildman–Crippen LogP) is 7.64. The van der Waals surface area contributed by atoms with Gasteiger partial charge in [-0.25, -0.2) is 4.98 Å². The zero-order chi connectivity index (χ0) is 26.3. The summed E-state index contributed by atoms with van der Waals surface area (Å²) in [7, 11) is 1.94. The highest BCUT2D eigenvalue weighted by atomic mass is 35.5. The average molecular weight is 527 g/mol. The van der Waals surface area contributed by atoms with Crippen LogP contribution >= 0.6 is 11.6 Å². The van der Waals surface area contributed by atoms with Gasteiger partial charge >= 0.3 is 0 Å². The number of benzene rings is 1. The first-order valence-electron chi connectivity index (χ1n) is 13.6. The normalized spacial score (nSPS) is 17.6. The molecule has 4 rings (SSSR count). The summed E-state index contributed by atoms with van der Waals surface area (Å²) in [5.74, 6) is 2.19. The molecule has 0 radical (unpaired) electrons. The predicted molar refractivity (Wildman–Crippen MR) is 156 cm³/mol.